The van der Waals surface area contributed by atoms with Crippen molar-refractivity contribution in [2.45, 2.75) is 23.7 Å². The summed E-state index contributed by atoms with van der Waals surface area (Å²) in [6, 6.07) is 5.03. The van der Waals surface area contributed by atoms with Gasteiger partial charge in [-0.05, 0) is 5.56 Å². The van der Waals surface area contributed by atoms with Gasteiger partial charge in [0.05, 0.1) is 0 Å². The van der Waals surface area contributed by atoms with Crippen molar-refractivity contribution in [1.29, 1.82) is 0 Å². The summed E-state index contributed by atoms with van der Waals surface area (Å²) >= 11 is 0. The summed E-state index contributed by atoms with van der Waals surface area (Å²) in [6.45, 7) is 0.311. The van der Waals surface area contributed by atoms with Crippen molar-refractivity contribution in [2.24, 2.45) is 0 Å². The standard InChI is InChI=1S/C11H10F7O2P/c1-21(19,20)8(7-5-3-2-4-6-7)9(12,13)10(14,15)11(16,17)18/h2-6,8H,1H3,(H,19,20)/t8-/m1/s1. The predicted octanol–water partition coefficient (Wildman–Crippen LogP) is 4.46. The van der Waals surface area contributed by atoms with Crippen LogP contribution in [-0.4, -0.2) is 29.6 Å². The lowest BCUT2D eigenvalue weighted by Gasteiger charge is -2.35. The first kappa shape index (κ1) is 18.0. The van der Waals surface area contributed by atoms with Gasteiger partial charge >= 0.3 is 18.0 Å². The molecule has 0 radical (unpaired) electrons. The molecule has 0 saturated heterocycles. The van der Waals surface area contributed by atoms with Crippen LogP contribution in [0, 0.1) is 0 Å². The Morgan fingerprint density at radius 1 is 1.00 bits per heavy atom. The van der Waals surface area contributed by atoms with Crippen LogP contribution in [0.25, 0.3) is 0 Å². The highest BCUT2D eigenvalue weighted by molar-refractivity contribution is 7.57. The Bertz CT molecular complexity index is 535. The molecular formula is C11H10F7O2P. The molecule has 0 spiro atoms. The molecule has 0 aliphatic heterocycles. The maximum atomic E-state index is 13.7. The lowest BCUT2D eigenvalue weighted by atomic mass is 10.0. The van der Waals surface area contributed by atoms with Crippen LogP contribution in [0.1, 0.15) is 11.2 Å². The number of benzene rings is 1. The van der Waals surface area contributed by atoms with Crippen molar-refractivity contribution in [1.82, 2.24) is 0 Å². The third kappa shape index (κ3) is 3.23. The van der Waals surface area contributed by atoms with Crippen LogP contribution in [0.5, 0.6) is 0 Å². The van der Waals surface area contributed by atoms with E-state index < -0.39 is 36.6 Å². The second-order valence-corrected chi connectivity index (χ2v) is 6.85. The normalized spacial score (nSPS) is 18.1. The van der Waals surface area contributed by atoms with E-state index in [1.54, 1.807) is 0 Å². The zero-order valence-corrected chi connectivity index (χ0v) is 11.3. The Balaban J connectivity index is 3.51. The molecule has 0 aromatic heterocycles. The Kier molecular flexibility index (Phi) is 4.52. The first-order valence-corrected chi connectivity index (χ1v) is 7.57. The molecular weight excluding hydrogens is 328 g/mol. The van der Waals surface area contributed by atoms with E-state index in [9.17, 15) is 40.2 Å². The monoisotopic (exact) mass is 338 g/mol. The Morgan fingerprint density at radius 2 is 1.43 bits per heavy atom. The first-order chi connectivity index (χ1) is 9.23. The van der Waals surface area contributed by atoms with Gasteiger partial charge in [-0.1, -0.05) is 30.3 Å². The van der Waals surface area contributed by atoms with Crippen LogP contribution in [0.15, 0.2) is 30.3 Å². The lowest BCUT2D eigenvalue weighted by Crippen LogP contribution is -2.54. The van der Waals surface area contributed by atoms with Gasteiger partial charge in [-0.3, -0.25) is 4.57 Å². The van der Waals surface area contributed by atoms with E-state index in [1.165, 1.54) is 6.07 Å². The Labute approximate surface area is 115 Å². The summed E-state index contributed by atoms with van der Waals surface area (Å²) in [7, 11) is -5.02. The van der Waals surface area contributed by atoms with E-state index in [4.69, 9.17) is 0 Å². The fraction of sp³-hybridized carbons (Fsp3) is 0.455. The first-order valence-electron chi connectivity index (χ1n) is 5.40. The van der Waals surface area contributed by atoms with E-state index in [0.29, 0.717) is 6.66 Å². The highest BCUT2D eigenvalue weighted by Gasteiger charge is 2.77. The quantitative estimate of drug-likeness (QED) is 0.650. The van der Waals surface area contributed by atoms with Crippen molar-refractivity contribution in [3.05, 3.63) is 35.9 Å². The molecule has 1 N–H and O–H groups in total. The van der Waals surface area contributed by atoms with Gasteiger partial charge in [-0.25, -0.2) is 0 Å². The van der Waals surface area contributed by atoms with E-state index in [0.717, 1.165) is 24.3 Å². The molecule has 2 atom stereocenters. The zero-order valence-electron chi connectivity index (χ0n) is 10.4. The highest BCUT2D eigenvalue weighted by atomic mass is 31.2. The van der Waals surface area contributed by atoms with Gasteiger partial charge in [0.2, 0.25) is 7.37 Å². The van der Waals surface area contributed by atoms with Crippen molar-refractivity contribution < 1.29 is 40.2 Å². The van der Waals surface area contributed by atoms with Crippen LogP contribution in [0.4, 0.5) is 30.7 Å². The summed E-state index contributed by atoms with van der Waals surface area (Å²) in [5.74, 6) is -12.2. The van der Waals surface area contributed by atoms with Gasteiger partial charge in [0, 0.05) is 6.66 Å². The summed E-state index contributed by atoms with van der Waals surface area (Å²) in [5, 5.41) is 0. The molecule has 2 nitrogen and oxygen atoms in total. The molecule has 120 valence electrons. The minimum atomic E-state index is -6.56. The Hall–Kier alpha value is -1.08. The van der Waals surface area contributed by atoms with Crippen LogP contribution in [-0.2, 0) is 4.57 Å². The number of halogens is 7. The molecule has 0 fully saturated rings. The predicted molar refractivity (Wildman–Crippen MR) is 60.9 cm³/mol. The lowest BCUT2D eigenvalue weighted by molar-refractivity contribution is -0.355. The minimum Gasteiger partial charge on any atom is -0.344 e. The van der Waals surface area contributed by atoms with Crippen molar-refractivity contribution in [3.63, 3.8) is 0 Å². The zero-order chi connectivity index (χ0) is 16.7. The van der Waals surface area contributed by atoms with E-state index >= 15 is 0 Å². The molecule has 10 heteroatoms. The molecule has 0 heterocycles. The topological polar surface area (TPSA) is 37.3 Å². The maximum absolute atomic E-state index is 13.7. The fourth-order valence-electron chi connectivity index (χ4n) is 1.78. The third-order valence-corrected chi connectivity index (χ3v) is 4.29. The van der Waals surface area contributed by atoms with Gasteiger partial charge in [-0.15, -0.1) is 0 Å². The smallest absolute Gasteiger partial charge is 0.344 e. The third-order valence-electron chi connectivity index (χ3n) is 2.71. The van der Waals surface area contributed by atoms with Crippen LogP contribution in [0.3, 0.4) is 0 Å². The van der Waals surface area contributed by atoms with Crippen LogP contribution < -0.4 is 0 Å². The largest absolute Gasteiger partial charge is 0.459 e. The average Bonchev–Trinajstić information content (AvgIpc) is 2.26. The van der Waals surface area contributed by atoms with Crippen molar-refractivity contribution >= 4 is 7.37 Å². The second-order valence-electron chi connectivity index (χ2n) is 4.45. The number of hydrogen-bond donors (Lipinski definition) is 1. The maximum Gasteiger partial charge on any atom is 0.459 e. The molecule has 1 aromatic rings. The molecule has 21 heavy (non-hydrogen) atoms. The van der Waals surface area contributed by atoms with Crippen molar-refractivity contribution in [2.75, 3.05) is 6.66 Å². The van der Waals surface area contributed by atoms with Gasteiger partial charge in [-0.2, -0.15) is 30.7 Å². The molecule has 0 aliphatic rings. The Morgan fingerprint density at radius 3 is 1.76 bits per heavy atom. The van der Waals surface area contributed by atoms with Gasteiger partial charge in [0.15, 0.2) is 0 Å². The van der Waals surface area contributed by atoms with Crippen LogP contribution in [0.2, 0.25) is 0 Å². The number of alkyl halides is 7. The summed E-state index contributed by atoms with van der Waals surface area (Å²) in [5.41, 5.74) is -3.96. The van der Waals surface area contributed by atoms with E-state index in [2.05, 4.69) is 0 Å². The SMILES string of the molecule is CP(=O)(O)[C@H](c1ccccc1)C(F)(F)C(F)(F)C(F)(F)F. The summed E-state index contributed by atoms with van der Waals surface area (Å²) < 4.78 is 102. The molecule has 1 rings (SSSR count). The van der Waals surface area contributed by atoms with E-state index in [1.807, 2.05) is 0 Å². The average molecular weight is 338 g/mol. The minimum absolute atomic E-state index is 0.311. The summed E-state index contributed by atoms with van der Waals surface area (Å²) in [6.07, 6.45) is -6.56. The molecule has 1 aromatic carbocycles. The molecule has 0 aliphatic carbocycles. The molecule has 1 unspecified atom stereocenters. The van der Waals surface area contributed by atoms with Gasteiger partial charge in [0.1, 0.15) is 5.66 Å². The van der Waals surface area contributed by atoms with Crippen LogP contribution >= 0.6 is 7.37 Å². The molecule has 0 saturated carbocycles. The molecule has 0 amide bonds. The van der Waals surface area contributed by atoms with Gasteiger partial charge < -0.3 is 4.89 Å². The number of hydrogen-bond acceptors (Lipinski definition) is 1. The van der Waals surface area contributed by atoms with Crippen molar-refractivity contribution in [3.8, 4) is 0 Å². The fourth-order valence-corrected chi connectivity index (χ4v) is 3.27. The van der Waals surface area contributed by atoms with E-state index in [-0.39, 0.29) is 0 Å². The van der Waals surface area contributed by atoms with Gasteiger partial charge in [0.25, 0.3) is 0 Å². The molecule has 0 bridgehead atoms. The number of rotatable bonds is 4. The highest BCUT2D eigenvalue weighted by Crippen LogP contribution is 2.65. The second kappa shape index (κ2) is 5.28. The summed E-state index contributed by atoms with van der Waals surface area (Å²) in [4.78, 5) is 9.27.